The molecule has 1 aliphatic heterocycles. The van der Waals surface area contributed by atoms with E-state index in [1.54, 1.807) is 13.2 Å². The molecule has 23 heavy (non-hydrogen) atoms. The first-order valence-electron chi connectivity index (χ1n) is 7.84. The monoisotopic (exact) mass is 311 g/mol. The van der Waals surface area contributed by atoms with Gasteiger partial charge in [-0.3, -0.25) is 9.59 Å². The van der Waals surface area contributed by atoms with Gasteiger partial charge in [0.2, 0.25) is 5.91 Å². The van der Waals surface area contributed by atoms with Crippen molar-refractivity contribution in [2.24, 2.45) is 5.41 Å². The van der Waals surface area contributed by atoms with Crippen molar-refractivity contribution < 1.29 is 14.3 Å². The quantitative estimate of drug-likeness (QED) is 0.862. The molecule has 4 nitrogen and oxygen atoms in total. The van der Waals surface area contributed by atoms with Crippen LogP contribution in [0.1, 0.15) is 25.8 Å². The second-order valence-corrected chi connectivity index (χ2v) is 6.51. The number of likely N-dealkylation sites (tertiary alicyclic amines) is 1. The van der Waals surface area contributed by atoms with Gasteiger partial charge < -0.3 is 9.64 Å². The molecule has 1 spiro atoms. The molecule has 0 aromatic heterocycles. The fourth-order valence-corrected chi connectivity index (χ4v) is 3.26. The van der Waals surface area contributed by atoms with Crippen LogP contribution in [0.4, 0.5) is 0 Å². The Morgan fingerprint density at radius 3 is 2.43 bits per heavy atom. The second-order valence-electron chi connectivity index (χ2n) is 6.51. The molecule has 1 heterocycles. The maximum atomic E-state index is 12.3. The average Bonchev–Trinajstić information content (AvgIpc) is 2.87. The highest BCUT2D eigenvalue weighted by atomic mass is 16.5. The maximum absolute atomic E-state index is 12.3. The summed E-state index contributed by atoms with van der Waals surface area (Å²) in [6, 6.07) is 7.62. The van der Waals surface area contributed by atoms with Crippen LogP contribution in [0.15, 0.2) is 42.5 Å². The summed E-state index contributed by atoms with van der Waals surface area (Å²) < 4.78 is 5.16. The number of nitrogens with zero attached hydrogens (tertiary/aromatic N) is 1. The number of hydrogen-bond donors (Lipinski definition) is 0. The minimum Gasteiger partial charge on any atom is -0.497 e. The number of benzene rings is 1. The Morgan fingerprint density at radius 2 is 1.87 bits per heavy atom. The normalized spacial score (nSPS) is 23.8. The minimum absolute atomic E-state index is 0.0174. The Balaban J connectivity index is 1.95. The van der Waals surface area contributed by atoms with E-state index in [1.165, 1.54) is 0 Å². The molecule has 0 saturated carbocycles. The SMILES string of the molecule is COc1ccc(C2=C[C@]3(C=CC2=O)CC(=O)N(C(C)C)C3)cc1. The van der Waals surface area contributed by atoms with E-state index >= 15 is 0 Å². The third kappa shape index (κ3) is 2.81. The molecule has 0 unspecified atom stereocenters. The Kier molecular flexibility index (Phi) is 3.84. The van der Waals surface area contributed by atoms with E-state index in [1.807, 2.05) is 55.2 Å². The van der Waals surface area contributed by atoms with Crippen molar-refractivity contribution in [1.29, 1.82) is 0 Å². The third-order valence-corrected chi connectivity index (χ3v) is 4.55. The number of rotatable bonds is 3. The standard InChI is InChI=1S/C19H21NO3/c1-13(2)20-12-19(11-18(20)22)9-8-17(21)16(10-19)14-4-6-15(23-3)7-5-14/h4-10,13H,11-12H2,1-3H3/t19-/m1/s1. The van der Waals surface area contributed by atoms with Gasteiger partial charge in [-0.2, -0.15) is 0 Å². The molecule has 2 aliphatic rings. The molecule has 1 aliphatic carbocycles. The molecule has 1 saturated heterocycles. The number of ether oxygens (including phenoxy) is 1. The Morgan fingerprint density at radius 1 is 1.17 bits per heavy atom. The first-order valence-corrected chi connectivity index (χ1v) is 7.84. The summed E-state index contributed by atoms with van der Waals surface area (Å²) in [6.45, 7) is 4.67. The molecule has 0 radical (unpaired) electrons. The molecule has 120 valence electrons. The lowest BCUT2D eigenvalue weighted by atomic mass is 9.78. The van der Waals surface area contributed by atoms with E-state index in [9.17, 15) is 9.59 Å². The van der Waals surface area contributed by atoms with Crippen molar-refractivity contribution in [1.82, 2.24) is 4.90 Å². The van der Waals surface area contributed by atoms with Gasteiger partial charge in [-0.05, 0) is 37.6 Å². The number of carbonyl (C=O) groups excluding carboxylic acids is 2. The second kappa shape index (κ2) is 5.69. The van der Waals surface area contributed by atoms with Crippen LogP contribution >= 0.6 is 0 Å². The molecular weight excluding hydrogens is 290 g/mol. The number of hydrogen-bond acceptors (Lipinski definition) is 3. The van der Waals surface area contributed by atoms with Crippen LogP contribution in [0, 0.1) is 5.41 Å². The first kappa shape index (κ1) is 15.5. The molecule has 1 amide bonds. The predicted octanol–water partition coefficient (Wildman–Crippen LogP) is 2.84. The van der Waals surface area contributed by atoms with E-state index in [0.717, 1.165) is 11.3 Å². The van der Waals surface area contributed by atoms with Crippen molar-refractivity contribution in [2.45, 2.75) is 26.3 Å². The first-order chi connectivity index (χ1) is 10.9. The van der Waals surface area contributed by atoms with Crippen LogP contribution in [0.2, 0.25) is 0 Å². The summed E-state index contributed by atoms with van der Waals surface area (Å²) in [5.74, 6) is 0.880. The average molecular weight is 311 g/mol. The van der Waals surface area contributed by atoms with Crippen LogP contribution in [0.3, 0.4) is 0 Å². The lowest BCUT2D eigenvalue weighted by Crippen LogP contribution is -2.33. The molecule has 4 heteroatoms. The minimum atomic E-state index is -0.371. The topological polar surface area (TPSA) is 46.6 Å². The number of carbonyl (C=O) groups is 2. The van der Waals surface area contributed by atoms with E-state index in [-0.39, 0.29) is 23.1 Å². The predicted molar refractivity (Wildman–Crippen MR) is 89.0 cm³/mol. The molecule has 1 aromatic carbocycles. The van der Waals surface area contributed by atoms with Gasteiger partial charge in [-0.1, -0.05) is 24.3 Å². The number of allylic oxidation sites excluding steroid dienone is 2. The van der Waals surface area contributed by atoms with Crippen LogP contribution < -0.4 is 4.74 Å². The highest BCUT2D eigenvalue weighted by Crippen LogP contribution is 2.40. The molecule has 3 rings (SSSR count). The molecule has 0 bridgehead atoms. The Hall–Kier alpha value is -2.36. The summed E-state index contributed by atoms with van der Waals surface area (Å²) in [4.78, 5) is 26.4. The fraction of sp³-hybridized carbons (Fsp3) is 0.368. The largest absolute Gasteiger partial charge is 0.497 e. The van der Waals surface area contributed by atoms with Crippen LogP contribution in [-0.4, -0.2) is 36.3 Å². The van der Waals surface area contributed by atoms with Gasteiger partial charge >= 0.3 is 0 Å². The van der Waals surface area contributed by atoms with Crippen LogP contribution in [-0.2, 0) is 9.59 Å². The van der Waals surface area contributed by atoms with Gasteiger partial charge in [0.05, 0.1) is 7.11 Å². The Labute approximate surface area is 136 Å². The van der Waals surface area contributed by atoms with Gasteiger partial charge in [0.25, 0.3) is 0 Å². The molecule has 1 fully saturated rings. The molecule has 1 atom stereocenters. The summed E-state index contributed by atoms with van der Waals surface area (Å²) in [5, 5.41) is 0. The zero-order chi connectivity index (χ0) is 16.6. The van der Waals surface area contributed by atoms with Gasteiger partial charge in [0.1, 0.15) is 5.75 Å². The zero-order valence-electron chi connectivity index (χ0n) is 13.7. The molecule has 1 aromatic rings. The van der Waals surface area contributed by atoms with Crippen molar-refractivity contribution >= 4 is 17.3 Å². The Bertz CT molecular complexity index is 700. The summed E-state index contributed by atoms with van der Waals surface area (Å²) >= 11 is 0. The highest BCUT2D eigenvalue weighted by molar-refractivity contribution is 6.27. The van der Waals surface area contributed by atoms with Crippen molar-refractivity contribution in [2.75, 3.05) is 13.7 Å². The smallest absolute Gasteiger partial charge is 0.224 e. The fourth-order valence-electron chi connectivity index (χ4n) is 3.26. The number of amides is 1. The maximum Gasteiger partial charge on any atom is 0.224 e. The van der Waals surface area contributed by atoms with Gasteiger partial charge in [0.15, 0.2) is 5.78 Å². The van der Waals surface area contributed by atoms with Gasteiger partial charge in [-0.15, -0.1) is 0 Å². The van der Waals surface area contributed by atoms with Crippen molar-refractivity contribution in [3.8, 4) is 5.75 Å². The lowest BCUT2D eigenvalue weighted by molar-refractivity contribution is -0.129. The van der Waals surface area contributed by atoms with Gasteiger partial charge in [0, 0.05) is 30.0 Å². The molecule has 0 N–H and O–H groups in total. The summed E-state index contributed by atoms with van der Waals surface area (Å²) in [7, 11) is 1.61. The van der Waals surface area contributed by atoms with Crippen LogP contribution in [0.5, 0.6) is 5.75 Å². The van der Waals surface area contributed by atoms with E-state index in [0.29, 0.717) is 18.5 Å². The number of ketones is 1. The van der Waals surface area contributed by atoms with Crippen molar-refractivity contribution in [3.63, 3.8) is 0 Å². The lowest BCUT2D eigenvalue weighted by Gasteiger charge is -2.27. The highest BCUT2D eigenvalue weighted by Gasteiger charge is 2.42. The van der Waals surface area contributed by atoms with Gasteiger partial charge in [-0.25, -0.2) is 0 Å². The van der Waals surface area contributed by atoms with E-state index in [4.69, 9.17) is 4.74 Å². The molecular formula is C19H21NO3. The number of methoxy groups -OCH3 is 1. The van der Waals surface area contributed by atoms with Crippen molar-refractivity contribution in [3.05, 3.63) is 48.1 Å². The zero-order valence-corrected chi connectivity index (χ0v) is 13.7. The van der Waals surface area contributed by atoms with E-state index in [2.05, 4.69) is 0 Å². The third-order valence-electron chi connectivity index (χ3n) is 4.55. The summed E-state index contributed by atoms with van der Waals surface area (Å²) in [6.07, 6.45) is 5.89. The van der Waals surface area contributed by atoms with Crippen LogP contribution in [0.25, 0.3) is 5.57 Å². The summed E-state index contributed by atoms with van der Waals surface area (Å²) in [5.41, 5.74) is 1.15. The van der Waals surface area contributed by atoms with E-state index < -0.39 is 0 Å².